The van der Waals surface area contributed by atoms with Gasteiger partial charge >= 0.3 is 0 Å². The molecule has 0 aromatic heterocycles. The third kappa shape index (κ3) is 7.09. The molecule has 3 aromatic rings. The van der Waals surface area contributed by atoms with Gasteiger partial charge in [0.05, 0.1) is 11.5 Å². The molecular formula is C39H46N2. The van der Waals surface area contributed by atoms with Crippen molar-refractivity contribution in [2.75, 3.05) is 19.6 Å². The fourth-order valence-corrected chi connectivity index (χ4v) is 6.90. The molecule has 2 nitrogen and oxygen atoms in total. The van der Waals surface area contributed by atoms with Crippen LogP contribution in [-0.4, -0.2) is 24.5 Å². The summed E-state index contributed by atoms with van der Waals surface area (Å²) < 4.78 is 0. The van der Waals surface area contributed by atoms with Gasteiger partial charge in [0.15, 0.2) is 0 Å². The molecule has 1 fully saturated rings. The van der Waals surface area contributed by atoms with Gasteiger partial charge in [-0.3, -0.25) is 0 Å². The summed E-state index contributed by atoms with van der Waals surface area (Å²) in [6.45, 7) is 5.53. The highest BCUT2D eigenvalue weighted by molar-refractivity contribution is 5.94. The third-order valence-corrected chi connectivity index (χ3v) is 9.29. The smallest absolute Gasteiger partial charge is 0.0822 e. The van der Waals surface area contributed by atoms with Crippen molar-refractivity contribution in [3.05, 3.63) is 112 Å². The third-order valence-electron chi connectivity index (χ3n) is 9.29. The lowest BCUT2D eigenvalue weighted by atomic mass is 9.74. The topological polar surface area (TPSA) is 27.0 Å². The first-order chi connectivity index (χ1) is 20.2. The number of piperidine rings is 1. The lowest BCUT2D eigenvalue weighted by Gasteiger charge is -2.32. The van der Waals surface area contributed by atoms with E-state index in [0.29, 0.717) is 0 Å². The average molecular weight is 543 g/mol. The van der Waals surface area contributed by atoms with Crippen LogP contribution in [0, 0.1) is 11.3 Å². The first kappa shape index (κ1) is 29.1. The molecule has 3 aromatic carbocycles. The molecule has 5 rings (SSSR count). The Morgan fingerprint density at radius 1 is 0.683 bits per heavy atom. The highest BCUT2D eigenvalue weighted by atomic mass is 15.1. The van der Waals surface area contributed by atoms with Crippen molar-refractivity contribution in [1.82, 2.24) is 4.90 Å². The van der Waals surface area contributed by atoms with E-state index in [1.54, 1.807) is 5.57 Å². The van der Waals surface area contributed by atoms with E-state index in [-0.39, 0.29) is 5.41 Å². The van der Waals surface area contributed by atoms with Gasteiger partial charge < -0.3 is 4.90 Å². The molecule has 2 aliphatic rings. The fraction of sp³-hybridized carbons (Fsp3) is 0.410. The summed E-state index contributed by atoms with van der Waals surface area (Å²) in [5.41, 5.74) is 9.25. The van der Waals surface area contributed by atoms with Crippen LogP contribution in [0.4, 0.5) is 0 Å². The van der Waals surface area contributed by atoms with Gasteiger partial charge in [-0.1, -0.05) is 142 Å². The summed E-state index contributed by atoms with van der Waals surface area (Å²) in [6, 6.07) is 31.2. The maximum Gasteiger partial charge on any atom is 0.0822 e. The number of likely N-dealkylation sites (tertiary alicyclic amines) is 1. The Morgan fingerprint density at radius 3 is 1.88 bits per heavy atom. The molecule has 1 atom stereocenters. The van der Waals surface area contributed by atoms with Crippen LogP contribution in [0.1, 0.15) is 105 Å². The Morgan fingerprint density at radius 2 is 1.24 bits per heavy atom. The molecule has 0 bridgehead atoms. The first-order valence-electron chi connectivity index (χ1n) is 16.0. The van der Waals surface area contributed by atoms with Crippen LogP contribution in [0.3, 0.4) is 0 Å². The van der Waals surface area contributed by atoms with Crippen molar-refractivity contribution >= 4 is 17.7 Å². The average Bonchev–Trinajstić information content (AvgIpc) is 3.20. The predicted octanol–water partition coefficient (Wildman–Crippen LogP) is 10.1. The predicted molar refractivity (Wildman–Crippen MR) is 174 cm³/mol. The van der Waals surface area contributed by atoms with Gasteiger partial charge in [-0.05, 0) is 72.0 Å². The van der Waals surface area contributed by atoms with Crippen molar-refractivity contribution in [2.24, 2.45) is 0 Å². The highest BCUT2D eigenvalue weighted by Crippen LogP contribution is 2.39. The molecule has 2 heteroatoms. The van der Waals surface area contributed by atoms with Gasteiger partial charge in [0.2, 0.25) is 0 Å². The van der Waals surface area contributed by atoms with E-state index in [4.69, 9.17) is 0 Å². The maximum atomic E-state index is 10.5. The summed E-state index contributed by atoms with van der Waals surface area (Å²) in [7, 11) is 0. The molecular weight excluding hydrogens is 496 g/mol. The van der Waals surface area contributed by atoms with Crippen molar-refractivity contribution in [2.45, 2.75) is 83.0 Å². The van der Waals surface area contributed by atoms with E-state index in [9.17, 15) is 5.26 Å². The number of rotatable bonds is 12. The van der Waals surface area contributed by atoms with Gasteiger partial charge in [-0.15, -0.1) is 0 Å². The maximum absolute atomic E-state index is 10.5. The fourth-order valence-electron chi connectivity index (χ4n) is 6.90. The zero-order chi connectivity index (χ0) is 28.3. The van der Waals surface area contributed by atoms with Gasteiger partial charge in [-0.25, -0.2) is 0 Å². The summed E-state index contributed by atoms with van der Waals surface area (Å²) in [5.74, 6) is 0. The van der Waals surface area contributed by atoms with E-state index in [1.807, 2.05) is 0 Å². The lowest BCUT2D eigenvalue weighted by molar-refractivity contribution is 0.243. The molecule has 0 radical (unpaired) electrons. The van der Waals surface area contributed by atoms with E-state index >= 15 is 0 Å². The first-order valence-corrected chi connectivity index (χ1v) is 16.0. The number of nitrogens with zero attached hydrogens (tertiary/aromatic N) is 2. The Labute approximate surface area is 248 Å². The van der Waals surface area contributed by atoms with Crippen LogP contribution >= 0.6 is 0 Å². The molecule has 0 N–H and O–H groups in total. The van der Waals surface area contributed by atoms with E-state index in [0.717, 1.165) is 58.2 Å². The summed E-state index contributed by atoms with van der Waals surface area (Å²) in [6.07, 6.45) is 17.4. The molecule has 0 amide bonds. The molecule has 41 heavy (non-hydrogen) atoms. The van der Waals surface area contributed by atoms with Crippen molar-refractivity contribution in [3.8, 4) is 6.07 Å². The molecule has 1 saturated heterocycles. The largest absolute Gasteiger partial charge is 0.303 e. The molecule has 1 unspecified atom stereocenters. The van der Waals surface area contributed by atoms with Crippen LogP contribution in [0.5, 0.6) is 0 Å². The second-order valence-electron chi connectivity index (χ2n) is 12.0. The Hall–Kier alpha value is -3.41. The van der Waals surface area contributed by atoms with Crippen molar-refractivity contribution < 1.29 is 0 Å². The van der Waals surface area contributed by atoms with Gasteiger partial charge in [-0.2, -0.15) is 5.26 Å². The minimum atomic E-state index is -0.365. The van der Waals surface area contributed by atoms with Crippen molar-refractivity contribution in [1.29, 1.82) is 5.26 Å². The Bertz CT molecular complexity index is 1310. The molecule has 1 aliphatic carbocycles. The SMILES string of the molecule is CCCCCCCCC(C#N)(CCCN1CCC(=C2c3ccccc3C=Cc3ccccc32)CC1)c1ccccc1. The standard InChI is InChI=1S/C39H46N2/c1-2-3-4-5-6-14-26-39(31-40,35-18-8-7-9-19-35)27-15-28-41-29-24-34(25-30-41)38-36-20-12-10-16-32(36)22-23-33-17-11-13-21-37(33)38/h7-13,16-23H,2-6,14-15,24-30H2,1H3. The summed E-state index contributed by atoms with van der Waals surface area (Å²) in [5, 5.41) is 10.5. The zero-order valence-electron chi connectivity index (χ0n) is 25.0. The second-order valence-corrected chi connectivity index (χ2v) is 12.0. The molecule has 212 valence electrons. The monoisotopic (exact) mass is 542 g/mol. The molecule has 0 spiro atoms. The molecule has 0 saturated carbocycles. The number of hydrogen-bond acceptors (Lipinski definition) is 2. The van der Waals surface area contributed by atoms with E-state index in [2.05, 4.69) is 109 Å². The Balaban J connectivity index is 1.24. The second kappa shape index (κ2) is 14.5. The van der Waals surface area contributed by atoms with Crippen LogP contribution in [0.15, 0.2) is 84.4 Å². The highest BCUT2D eigenvalue weighted by Gasteiger charge is 2.32. The van der Waals surface area contributed by atoms with Crippen LogP contribution in [0.2, 0.25) is 0 Å². The van der Waals surface area contributed by atoms with E-state index < -0.39 is 0 Å². The summed E-state index contributed by atoms with van der Waals surface area (Å²) >= 11 is 0. The van der Waals surface area contributed by atoms with Gasteiger partial charge in [0.1, 0.15) is 0 Å². The number of hydrogen-bond donors (Lipinski definition) is 0. The summed E-state index contributed by atoms with van der Waals surface area (Å²) in [4.78, 5) is 2.63. The molecule has 1 heterocycles. The Kier molecular flexibility index (Phi) is 10.3. The molecule has 1 aliphatic heterocycles. The number of unbranched alkanes of at least 4 members (excludes halogenated alkanes) is 5. The quantitative estimate of drug-likeness (QED) is 0.167. The minimum absolute atomic E-state index is 0.365. The van der Waals surface area contributed by atoms with Gasteiger partial charge in [0.25, 0.3) is 0 Å². The number of nitriles is 1. The van der Waals surface area contributed by atoms with Crippen LogP contribution in [-0.2, 0) is 5.41 Å². The van der Waals surface area contributed by atoms with Crippen LogP contribution < -0.4 is 0 Å². The van der Waals surface area contributed by atoms with Crippen LogP contribution in [0.25, 0.3) is 17.7 Å². The van der Waals surface area contributed by atoms with Crippen molar-refractivity contribution in [3.63, 3.8) is 0 Å². The number of benzene rings is 3. The minimum Gasteiger partial charge on any atom is -0.303 e. The van der Waals surface area contributed by atoms with E-state index in [1.165, 1.54) is 65.5 Å². The lowest BCUT2D eigenvalue weighted by Crippen LogP contribution is -2.33. The normalized spacial score (nSPS) is 16.4. The van der Waals surface area contributed by atoms with Gasteiger partial charge in [0, 0.05) is 13.1 Å². The number of fused-ring (bicyclic) bond motifs is 2. The zero-order valence-corrected chi connectivity index (χ0v) is 25.0.